The molecular weight excluding hydrogens is 308 g/mol. The third-order valence-corrected chi connectivity index (χ3v) is 5.16. The number of H-pyrrole nitrogens is 1. The van der Waals surface area contributed by atoms with Crippen molar-refractivity contribution in [3.05, 3.63) is 46.1 Å². The second-order valence-electron chi connectivity index (χ2n) is 6.10. The molecule has 0 spiro atoms. The molecule has 0 saturated carbocycles. The van der Waals surface area contributed by atoms with E-state index in [0.717, 1.165) is 36.1 Å². The van der Waals surface area contributed by atoms with E-state index in [1.807, 2.05) is 31.2 Å². The highest BCUT2D eigenvalue weighted by atomic mass is 32.1. The second kappa shape index (κ2) is 5.47. The van der Waals surface area contributed by atoms with Crippen LogP contribution in [0.1, 0.15) is 26.6 Å². The molecule has 0 fully saturated rings. The lowest BCUT2D eigenvalue weighted by molar-refractivity contribution is 0.102. The Kier molecular flexibility index (Phi) is 3.43. The molecule has 0 saturated heterocycles. The summed E-state index contributed by atoms with van der Waals surface area (Å²) in [6, 6.07) is 7.99. The van der Waals surface area contributed by atoms with E-state index in [-0.39, 0.29) is 5.91 Å². The lowest BCUT2D eigenvalue weighted by Crippen LogP contribution is -2.25. The summed E-state index contributed by atoms with van der Waals surface area (Å²) >= 11 is 1.57. The summed E-state index contributed by atoms with van der Waals surface area (Å²) < 4.78 is 0. The van der Waals surface area contributed by atoms with Crippen molar-refractivity contribution in [2.75, 3.05) is 18.9 Å². The highest BCUT2D eigenvalue weighted by Crippen LogP contribution is 2.28. The molecule has 0 radical (unpaired) electrons. The number of fused-ring (bicyclic) bond motifs is 2. The number of nitrogens with zero attached hydrogens (tertiary/aromatic N) is 2. The van der Waals surface area contributed by atoms with Gasteiger partial charge in [-0.15, -0.1) is 11.3 Å². The van der Waals surface area contributed by atoms with E-state index in [2.05, 4.69) is 27.2 Å². The van der Waals surface area contributed by atoms with Crippen LogP contribution in [0.4, 0.5) is 5.13 Å². The Bertz CT molecular complexity index is 895. The fourth-order valence-corrected chi connectivity index (χ4v) is 3.99. The monoisotopic (exact) mass is 326 g/mol. The highest BCUT2D eigenvalue weighted by Gasteiger charge is 2.19. The van der Waals surface area contributed by atoms with Crippen LogP contribution in [-0.4, -0.2) is 34.4 Å². The minimum absolute atomic E-state index is 0.140. The van der Waals surface area contributed by atoms with Crippen LogP contribution in [0.25, 0.3) is 10.9 Å². The average molecular weight is 326 g/mol. The number of thiazole rings is 1. The summed E-state index contributed by atoms with van der Waals surface area (Å²) in [5.74, 6) is -0.140. The Labute approximate surface area is 138 Å². The Morgan fingerprint density at radius 1 is 1.39 bits per heavy atom. The second-order valence-corrected chi connectivity index (χ2v) is 7.19. The van der Waals surface area contributed by atoms with Crippen molar-refractivity contribution in [2.45, 2.75) is 19.9 Å². The van der Waals surface area contributed by atoms with Gasteiger partial charge in [0.05, 0.1) is 5.69 Å². The van der Waals surface area contributed by atoms with Crippen LogP contribution >= 0.6 is 11.3 Å². The fraction of sp³-hybridized carbons (Fsp3) is 0.294. The number of rotatable bonds is 2. The van der Waals surface area contributed by atoms with Crippen LogP contribution in [0, 0.1) is 6.92 Å². The van der Waals surface area contributed by atoms with E-state index in [9.17, 15) is 4.79 Å². The number of hydrogen-bond acceptors (Lipinski definition) is 4. The topological polar surface area (TPSA) is 61.0 Å². The Morgan fingerprint density at radius 3 is 3.13 bits per heavy atom. The standard InChI is InChI=1S/C17H18N4OS/c1-10-3-4-11-8-14(18-13(11)7-10)16(22)20-17-19-12-5-6-21(2)9-15(12)23-17/h3-4,7-8,18H,5-6,9H2,1-2H3,(H,19,20,22). The number of carbonyl (C=O) groups is 1. The molecule has 0 bridgehead atoms. The molecule has 0 aliphatic carbocycles. The lowest BCUT2D eigenvalue weighted by atomic mass is 10.2. The number of hydrogen-bond donors (Lipinski definition) is 2. The maximum atomic E-state index is 12.5. The van der Waals surface area contributed by atoms with Crippen molar-refractivity contribution in [2.24, 2.45) is 0 Å². The Balaban J connectivity index is 1.57. The summed E-state index contributed by atoms with van der Waals surface area (Å²) in [7, 11) is 2.10. The molecule has 0 unspecified atom stereocenters. The maximum absolute atomic E-state index is 12.5. The van der Waals surface area contributed by atoms with E-state index in [1.54, 1.807) is 11.3 Å². The van der Waals surface area contributed by atoms with E-state index in [4.69, 9.17) is 0 Å². The molecule has 5 nitrogen and oxygen atoms in total. The molecule has 118 valence electrons. The normalized spacial score (nSPS) is 14.9. The van der Waals surface area contributed by atoms with Gasteiger partial charge in [-0.25, -0.2) is 4.98 Å². The number of carbonyl (C=O) groups excluding carboxylic acids is 1. The number of benzene rings is 1. The van der Waals surface area contributed by atoms with Crippen molar-refractivity contribution in [1.82, 2.24) is 14.9 Å². The van der Waals surface area contributed by atoms with Crippen LogP contribution in [0.5, 0.6) is 0 Å². The van der Waals surface area contributed by atoms with E-state index in [0.29, 0.717) is 10.8 Å². The zero-order chi connectivity index (χ0) is 16.0. The first-order chi connectivity index (χ1) is 11.1. The molecule has 1 aliphatic heterocycles. The predicted molar refractivity (Wildman–Crippen MR) is 93.1 cm³/mol. The fourth-order valence-electron chi connectivity index (χ4n) is 2.90. The molecule has 0 atom stereocenters. The van der Waals surface area contributed by atoms with Gasteiger partial charge in [-0.05, 0) is 31.7 Å². The molecule has 1 amide bonds. The predicted octanol–water partition coefficient (Wildman–Crippen LogP) is 3.17. The molecular formula is C17H18N4OS. The number of aromatic amines is 1. The quantitative estimate of drug-likeness (QED) is 0.760. The number of likely N-dealkylation sites (N-methyl/N-ethyl adjacent to an activating group) is 1. The average Bonchev–Trinajstić information content (AvgIpc) is 3.09. The van der Waals surface area contributed by atoms with Crippen molar-refractivity contribution in [3.8, 4) is 0 Å². The van der Waals surface area contributed by atoms with Gasteiger partial charge in [0.1, 0.15) is 5.69 Å². The molecule has 6 heteroatoms. The number of aryl methyl sites for hydroxylation is 1. The third-order valence-electron chi connectivity index (χ3n) is 4.17. The van der Waals surface area contributed by atoms with Gasteiger partial charge in [0, 0.05) is 35.3 Å². The van der Waals surface area contributed by atoms with Crippen molar-refractivity contribution >= 4 is 33.3 Å². The SMILES string of the molecule is Cc1ccc2cc(C(=O)Nc3nc4c(s3)CN(C)CC4)[nH]c2c1. The summed E-state index contributed by atoms with van der Waals surface area (Å²) in [6.45, 7) is 3.97. The number of nitrogens with one attached hydrogen (secondary N) is 2. The van der Waals surface area contributed by atoms with Gasteiger partial charge in [0.25, 0.3) is 5.91 Å². The minimum Gasteiger partial charge on any atom is -0.351 e. The van der Waals surface area contributed by atoms with Gasteiger partial charge >= 0.3 is 0 Å². The van der Waals surface area contributed by atoms with Gasteiger partial charge < -0.3 is 9.88 Å². The molecule has 4 rings (SSSR count). The Hall–Kier alpha value is -2.18. The van der Waals surface area contributed by atoms with E-state index >= 15 is 0 Å². The first-order valence-corrected chi connectivity index (χ1v) is 8.48. The molecule has 3 heterocycles. The third kappa shape index (κ3) is 2.75. The first kappa shape index (κ1) is 14.4. The molecule has 23 heavy (non-hydrogen) atoms. The molecule has 3 aromatic rings. The summed E-state index contributed by atoms with van der Waals surface area (Å²) in [5, 5.41) is 4.65. The van der Waals surface area contributed by atoms with Crippen LogP contribution in [0.3, 0.4) is 0 Å². The van der Waals surface area contributed by atoms with Crippen LogP contribution < -0.4 is 5.32 Å². The van der Waals surface area contributed by atoms with Gasteiger partial charge in [-0.1, -0.05) is 12.1 Å². The Morgan fingerprint density at radius 2 is 2.26 bits per heavy atom. The van der Waals surface area contributed by atoms with Crippen molar-refractivity contribution in [3.63, 3.8) is 0 Å². The first-order valence-electron chi connectivity index (χ1n) is 7.66. The number of aromatic nitrogens is 2. The zero-order valence-corrected chi connectivity index (χ0v) is 14.0. The van der Waals surface area contributed by atoms with Crippen LogP contribution in [0.15, 0.2) is 24.3 Å². The smallest absolute Gasteiger partial charge is 0.273 e. The van der Waals surface area contributed by atoms with Crippen LogP contribution in [-0.2, 0) is 13.0 Å². The van der Waals surface area contributed by atoms with Gasteiger partial charge in [0.15, 0.2) is 5.13 Å². The summed E-state index contributed by atoms with van der Waals surface area (Å²) in [5.41, 5.74) is 3.84. The minimum atomic E-state index is -0.140. The summed E-state index contributed by atoms with van der Waals surface area (Å²) in [6.07, 6.45) is 0.948. The van der Waals surface area contributed by atoms with E-state index in [1.165, 1.54) is 10.4 Å². The highest BCUT2D eigenvalue weighted by molar-refractivity contribution is 7.15. The maximum Gasteiger partial charge on any atom is 0.273 e. The van der Waals surface area contributed by atoms with Gasteiger partial charge in [-0.3, -0.25) is 10.1 Å². The van der Waals surface area contributed by atoms with Crippen molar-refractivity contribution in [1.29, 1.82) is 0 Å². The molecule has 1 aromatic carbocycles. The molecule has 1 aliphatic rings. The van der Waals surface area contributed by atoms with Gasteiger partial charge in [0.2, 0.25) is 0 Å². The number of anilines is 1. The largest absolute Gasteiger partial charge is 0.351 e. The zero-order valence-electron chi connectivity index (χ0n) is 13.1. The molecule has 2 aromatic heterocycles. The van der Waals surface area contributed by atoms with Gasteiger partial charge in [-0.2, -0.15) is 0 Å². The molecule has 2 N–H and O–H groups in total. The van der Waals surface area contributed by atoms with E-state index < -0.39 is 0 Å². The summed E-state index contributed by atoms with van der Waals surface area (Å²) in [4.78, 5) is 23.7. The lowest BCUT2D eigenvalue weighted by Gasteiger charge is -2.20. The van der Waals surface area contributed by atoms with Crippen LogP contribution in [0.2, 0.25) is 0 Å². The van der Waals surface area contributed by atoms with Crippen molar-refractivity contribution < 1.29 is 4.79 Å². The number of amides is 1.